The molecule has 0 aliphatic carbocycles. The summed E-state index contributed by atoms with van der Waals surface area (Å²) in [7, 11) is 0. The SMILES string of the molecule is FCONc1ccc(F)cc1. The normalized spacial score (nSPS) is 9.64. The van der Waals surface area contributed by atoms with Crippen LogP contribution in [-0.4, -0.2) is 6.86 Å². The van der Waals surface area contributed by atoms with Gasteiger partial charge in [0.15, 0.2) is 0 Å². The molecule has 0 unspecified atom stereocenters. The van der Waals surface area contributed by atoms with Gasteiger partial charge in [-0.2, -0.15) is 0 Å². The van der Waals surface area contributed by atoms with E-state index in [2.05, 4.69) is 10.3 Å². The fourth-order valence-electron chi connectivity index (χ4n) is 0.629. The Bertz CT molecular complexity index is 212. The van der Waals surface area contributed by atoms with Crippen molar-refractivity contribution in [2.45, 2.75) is 0 Å². The maximum Gasteiger partial charge on any atom is 0.214 e. The quantitative estimate of drug-likeness (QED) is 0.682. The summed E-state index contributed by atoms with van der Waals surface area (Å²) in [5, 5.41) is 0. The molecule has 0 saturated carbocycles. The Kier molecular flexibility index (Phi) is 2.80. The van der Waals surface area contributed by atoms with Gasteiger partial charge < -0.3 is 0 Å². The number of anilines is 1. The first-order valence-corrected chi connectivity index (χ1v) is 3.02. The highest BCUT2D eigenvalue weighted by Gasteiger charge is 1.90. The van der Waals surface area contributed by atoms with Crippen LogP contribution in [0.1, 0.15) is 0 Å². The van der Waals surface area contributed by atoms with Crippen molar-refractivity contribution in [1.29, 1.82) is 0 Å². The van der Waals surface area contributed by atoms with Crippen LogP contribution in [-0.2, 0) is 4.84 Å². The average Bonchev–Trinajstić information content (AvgIpc) is 2.04. The van der Waals surface area contributed by atoms with Gasteiger partial charge in [0.25, 0.3) is 0 Å². The van der Waals surface area contributed by atoms with E-state index < -0.39 is 6.86 Å². The first-order chi connectivity index (χ1) is 5.33. The van der Waals surface area contributed by atoms with Gasteiger partial charge >= 0.3 is 0 Å². The summed E-state index contributed by atoms with van der Waals surface area (Å²) in [6, 6.07) is 5.41. The summed E-state index contributed by atoms with van der Waals surface area (Å²) in [6.45, 7) is -0.919. The van der Waals surface area contributed by atoms with Crippen molar-refractivity contribution in [3.63, 3.8) is 0 Å². The zero-order valence-corrected chi connectivity index (χ0v) is 5.68. The van der Waals surface area contributed by atoms with Crippen LogP contribution >= 0.6 is 0 Å². The molecular weight excluding hydrogens is 152 g/mol. The minimum Gasteiger partial charge on any atom is -0.264 e. The molecule has 0 heterocycles. The van der Waals surface area contributed by atoms with E-state index in [1.807, 2.05) is 0 Å². The zero-order valence-electron chi connectivity index (χ0n) is 5.68. The molecule has 0 bridgehead atoms. The average molecular weight is 159 g/mol. The molecule has 1 aromatic carbocycles. The number of alkyl halides is 1. The third-order valence-corrected chi connectivity index (χ3v) is 1.09. The second kappa shape index (κ2) is 3.88. The molecule has 0 aliphatic heterocycles. The molecule has 0 amide bonds. The molecule has 2 nitrogen and oxygen atoms in total. The van der Waals surface area contributed by atoms with Crippen molar-refractivity contribution in [3.05, 3.63) is 30.1 Å². The van der Waals surface area contributed by atoms with E-state index in [0.717, 1.165) is 0 Å². The van der Waals surface area contributed by atoms with E-state index in [1.165, 1.54) is 24.3 Å². The van der Waals surface area contributed by atoms with Crippen LogP contribution in [0.15, 0.2) is 24.3 Å². The third-order valence-electron chi connectivity index (χ3n) is 1.09. The summed E-state index contributed by atoms with van der Waals surface area (Å²) < 4.78 is 23.7. The van der Waals surface area contributed by atoms with Gasteiger partial charge in [0.1, 0.15) is 5.82 Å². The lowest BCUT2D eigenvalue weighted by Gasteiger charge is -2.01. The van der Waals surface area contributed by atoms with E-state index in [9.17, 15) is 8.78 Å². The molecule has 1 aromatic rings. The second-order valence-electron chi connectivity index (χ2n) is 1.86. The zero-order chi connectivity index (χ0) is 8.10. The molecule has 0 atom stereocenters. The Hall–Kier alpha value is -1.16. The van der Waals surface area contributed by atoms with Gasteiger partial charge in [-0.1, -0.05) is 0 Å². The summed E-state index contributed by atoms with van der Waals surface area (Å²) in [4.78, 5) is 4.22. The highest BCUT2D eigenvalue weighted by Crippen LogP contribution is 2.07. The Morgan fingerprint density at radius 1 is 1.27 bits per heavy atom. The minimum atomic E-state index is -0.919. The fourth-order valence-corrected chi connectivity index (χ4v) is 0.629. The van der Waals surface area contributed by atoms with Crippen LogP contribution in [0.25, 0.3) is 0 Å². The number of halogens is 2. The Morgan fingerprint density at radius 3 is 2.45 bits per heavy atom. The third kappa shape index (κ3) is 2.51. The minimum absolute atomic E-state index is 0.337. The maximum atomic E-state index is 12.3. The number of nitrogens with one attached hydrogen (secondary N) is 1. The predicted octanol–water partition coefficient (Wildman–Crippen LogP) is 2.10. The van der Waals surface area contributed by atoms with Gasteiger partial charge in [0.05, 0.1) is 5.69 Å². The van der Waals surface area contributed by atoms with E-state index >= 15 is 0 Å². The number of hydrogen-bond acceptors (Lipinski definition) is 2. The summed E-state index contributed by atoms with van der Waals surface area (Å²) >= 11 is 0. The topological polar surface area (TPSA) is 21.3 Å². The van der Waals surface area contributed by atoms with E-state index in [4.69, 9.17) is 0 Å². The Morgan fingerprint density at radius 2 is 1.91 bits per heavy atom. The molecule has 60 valence electrons. The number of benzene rings is 1. The first-order valence-electron chi connectivity index (χ1n) is 3.02. The second-order valence-corrected chi connectivity index (χ2v) is 1.86. The van der Waals surface area contributed by atoms with Gasteiger partial charge in [0, 0.05) is 0 Å². The first kappa shape index (κ1) is 7.94. The molecule has 0 aromatic heterocycles. The number of hydrogen-bond donors (Lipinski definition) is 1. The van der Waals surface area contributed by atoms with Crippen LogP contribution in [0.5, 0.6) is 0 Å². The van der Waals surface area contributed by atoms with Crippen molar-refractivity contribution < 1.29 is 13.6 Å². The van der Waals surface area contributed by atoms with Crippen LogP contribution in [0.4, 0.5) is 14.5 Å². The molecule has 1 N–H and O–H groups in total. The summed E-state index contributed by atoms with van der Waals surface area (Å²) in [5.41, 5.74) is 2.80. The molecule has 0 saturated heterocycles. The fraction of sp³-hybridized carbons (Fsp3) is 0.143. The van der Waals surface area contributed by atoms with Crippen LogP contribution in [0.3, 0.4) is 0 Å². The van der Waals surface area contributed by atoms with Gasteiger partial charge in [-0.05, 0) is 24.3 Å². The Labute approximate surface area is 62.7 Å². The lowest BCUT2D eigenvalue weighted by Crippen LogP contribution is -1.98. The van der Waals surface area contributed by atoms with Gasteiger partial charge in [-0.3, -0.25) is 5.48 Å². The molecule has 1 rings (SSSR count). The smallest absolute Gasteiger partial charge is 0.214 e. The van der Waals surface area contributed by atoms with Crippen molar-refractivity contribution in [2.75, 3.05) is 12.3 Å². The van der Waals surface area contributed by atoms with Gasteiger partial charge in [-0.25, -0.2) is 13.6 Å². The van der Waals surface area contributed by atoms with Gasteiger partial charge in [-0.15, -0.1) is 0 Å². The maximum absolute atomic E-state index is 12.3. The molecule has 11 heavy (non-hydrogen) atoms. The lowest BCUT2D eigenvalue weighted by atomic mass is 10.3. The molecular formula is C7H7F2NO. The molecule has 0 fully saturated rings. The summed E-state index contributed by atoms with van der Waals surface area (Å²) in [5.74, 6) is -0.337. The molecule has 0 radical (unpaired) electrons. The van der Waals surface area contributed by atoms with Crippen LogP contribution < -0.4 is 5.48 Å². The van der Waals surface area contributed by atoms with Crippen molar-refractivity contribution in [3.8, 4) is 0 Å². The molecule has 0 aliphatic rings. The van der Waals surface area contributed by atoms with Crippen LogP contribution in [0, 0.1) is 5.82 Å². The summed E-state index contributed by atoms with van der Waals surface area (Å²) in [6.07, 6.45) is 0. The largest absolute Gasteiger partial charge is 0.264 e. The van der Waals surface area contributed by atoms with E-state index in [0.29, 0.717) is 5.69 Å². The van der Waals surface area contributed by atoms with Gasteiger partial charge in [0.2, 0.25) is 6.86 Å². The standard InChI is InChI=1S/C7H7F2NO/c8-5-11-10-7-3-1-6(9)2-4-7/h1-4,10H,5H2. The molecule has 0 spiro atoms. The highest BCUT2D eigenvalue weighted by atomic mass is 19.1. The van der Waals surface area contributed by atoms with E-state index in [1.54, 1.807) is 0 Å². The van der Waals surface area contributed by atoms with Crippen molar-refractivity contribution >= 4 is 5.69 Å². The lowest BCUT2D eigenvalue weighted by molar-refractivity contribution is 0.101. The predicted molar refractivity (Wildman–Crippen MR) is 37.1 cm³/mol. The Balaban J connectivity index is 2.52. The highest BCUT2D eigenvalue weighted by molar-refractivity contribution is 5.40. The molecule has 4 heteroatoms. The van der Waals surface area contributed by atoms with Crippen LogP contribution in [0.2, 0.25) is 0 Å². The number of rotatable bonds is 3. The van der Waals surface area contributed by atoms with E-state index in [-0.39, 0.29) is 5.82 Å². The monoisotopic (exact) mass is 159 g/mol. The van der Waals surface area contributed by atoms with Crippen molar-refractivity contribution in [2.24, 2.45) is 0 Å². The van der Waals surface area contributed by atoms with Crippen molar-refractivity contribution in [1.82, 2.24) is 0 Å².